The highest BCUT2D eigenvalue weighted by Gasteiger charge is 2.31. The van der Waals surface area contributed by atoms with E-state index in [1.54, 1.807) is 0 Å². The number of aliphatic carboxylic acids is 2. The quantitative estimate of drug-likeness (QED) is 0.175. The van der Waals surface area contributed by atoms with E-state index in [0.29, 0.717) is 18.6 Å². The fraction of sp³-hybridized carbons (Fsp3) is 0.762. The molecule has 0 radical (unpaired) electrons. The Morgan fingerprint density at radius 1 is 0.879 bits per heavy atom. The number of rotatable bonds is 16. The molecule has 0 aromatic carbocycles. The lowest BCUT2D eigenvalue weighted by Crippen LogP contribution is -2.58. The summed E-state index contributed by atoms with van der Waals surface area (Å²) in [6, 6.07) is -4.47. The van der Waals surface area contributed by atoms with Crippen molar-refractivity contribution in [3.63, 3.8) is 0 Å². The predicted octanol–water partition coefficient (Wildman–Crippen LogP) is 0.173. The molecule has 7 N–H and O–H groups in total. The molecule has 0 heterocycles. The maximum atomic E-state index is 13.0. The minimum atomic E-state index is -1.64. The number of carbonyl (C=O) groups excluding carboxylic acids is 3. The molecule has 0 aliphatic heterocycles. The maximum absolute atomic E-state index is 13.0. The second kappa shape index (κ2) is 15.5. The number of thioether (sulfide) groups is 1. The molecule has 0 aromatic rings. The van der Waals surface area contributed by atoms with E-state index in [1.807, 2.05) is 34.0 Å². The van der Waals surface area contributed by atoms with Gasteiger partial charge in [0.05, 0.1) is 12.5 Å². The highest BCUT2D eigenvalue weighted by Crippen LogP contribution is 2.10. The van der Waals surface area contributed by atoms with Gasteiger partial charge in [-0.2, -0.15) is 11.8 Å². The normalized spacial score (nSPS) is 15.6. The van der Waals surface area contributed by atoms with Crippen LogP contribution in [0.3, 0.4) is 0 Å². The summed E-state index contributed by atoms with van der Waals surface area (Å²) in [5, 5.41) is 25.5. The highest BCUT2D eigenvalue weighted by atomic mass is 32.2. The Morgan fingerprint density at radius 2 is 1.39 bits per heavy atom. The van der Waals surface area contributed by atoms with E-state index in [2.05, 4.69) is 16.0 Å². The van der Waals surface area contributed by atoms with Gasteiger partial charge in [0.1, 0.15) is 18.1 Å². The van der Waals surface area contributed by atoms with Crippen LogP contribution < -0.4 is 21.7 Å². The minimum Gasteiger partial charge on any atom is -0.481 e. The molecule has 0 aromatic heterocycles. The Labute approximate surface area is 199 Å². The van der Waals surface area contributed by atoms with E-state index in [4.69, 9.17) is 10.8 Å². The molecule has 0 rings (SSSR count). The average molecular weight is 491 g/mol. The van der Waals surface area contributed by atoms with Crippen molar-refractivity contribution in [3.8, 4) is 0 Å². The van der Waals surface area contributed by atoms with Crippen LogP contribution in [0.2, 0.25) is 0 Å². The number of hydrogen-bond donors (Lipinski definition) is 6. The van der Waals surface area contributed by atoms with Crippen molar-refractivity contribution in [2.75, 3.05) is 12.0 Å². The van der Waals surface area contributed by atoms with Crippen molar-refractivity contribution >= 4 is 41.4 Å². The number of carboxylic acids is 2. The summed E-state index contributed by atoms with van der Waals surface area (Å²) in [5.41, 5.74) is 5.97. The second-order valence-corrected chi connectivity index (χ2v) is 9.43. The largest absolute Gasteiger partial charge is 0.481 e. The van der Waals surface area contributed by atoms with Gasteiger partial charge in [-0.25, -0.2) is 4.79 Å². The van der Waals surface area contributed by atoms with E-state index in [9.17, 15) is 29.1 Å². The summed E-state index contributed by atoms with van der Waals surface area (Å²) in [5.74, 6) is -4.32. The van der Waals surface area contributed by atoms with Crippen LogP contribution in [0.25, 0.3) is 0 Å². The lowest BCUT2D eigenvalue weighted by Gasteiger charge is -2.26. The zero-order chi connectivity index (χ0) is 25.7. The Bertz CT molecular complexity index is 690. The molecule has 190 valence electrons. The van der Waals surface area contributed by atoms with Crippen molar-refractivity contribution in [1.82, 2.24) is 16.0 Å². The number of amides is 3. The molecule has 5 unspecified atom stereocenters. The Morgan fingerprint density at radius 3 is 1.85 bits per heavy atom. The summed E-state index contributed by atoms with van der Waals surface area (Å²) in [7, 11) is 0. The van der Waals surface area contributed by atoms with Crippen LogP contribution >= 0.6 is 11.8 Å². The standard InChI is InChI=1S/C21H38N4O7S/c1-6-12(4)17(22)20(30)23-13(7-8-33-5)18(28)24-14(9-11(2)3)19(29)25-15(21(31)32)10-16(26)27/h11-15,17H,6-10,22H2,1-5H3,(H,23,30)(H,24,28)(H,25,29)(H,26,27)(H,31,32). The molecule has 5 atom stereocenters. The van der Waals surface area contributed by atoms with Crippen LogP contribution in [0.1, 0.15) is 53.4 Å². The zero-order valence-electron chi connectivity index (χ0n) is 19.9. The summed E-state index contributed by atoms with van der Waals surface area (Å²) in [4.78, 5) is 60.4. The van der Waals surface area contributed by atoms with E-state index >= 15 is 0 Å². The Hall–Kier alpha value is -2.34. The first-order valence-electron chi connectivity index (χ1n) is 10.9. The predicted molar refractivity (Wildman–Crippen MR) is 126 cm³/mol. The average Bonchev–Trinajstić information content (AvgIpc) is 2.73. The molecular formula is C21H38N4O7S. The second-order valence-electron chi connectivity index (χ2n) is 8.44. The molecule has 0 aliphatic rings. The smallest absolute Gasteiger partial charge is 0.326 e. The third-order valence-electron chi connectivity index (χ3n) is 5.14. The summed E-state index contributed by atoms with van der Waals surface area (Å²) >= 11 is 1.48. The lowest BCUT2D eigenvalue weighted by molar-refractivity contribution is -0.147. The zero-order valence-corrected chi connectivity index (χ0v) is 20.7. The fourth-order valence-electron chi connectivity index (χ4n) is 2.91. The molecule has 0 saturated carbocycles. The molecular weight excluding hydrogens is 452 g/mol. The van der Waals surface area contributed by atoms with Gasteiger partial charge in [0, 0.05) is 0 Å². The lowest BCUT2D eigenvalue weighted by atomic mass is 9.98. The van der Waals surface area contributed by atoms with Crippen molar-refractivity contribution < 1.29 is 34.2 Å². The van der Waals surface area contributed by atoms with Gasteiger partial charge >= 0.3 is 11.9 Å². The van der Waals surface area contributed by atoms with Crippen LogP contribution in [-0.2, 0) is 24.0 Å². The van der Waals surface area contributed by atoms with Crippen LogP contribution in [0.5, 0.6) is 0 Å². The summed E-state index contributed by atoms with van der Waals surface area (Å²) in [6.45, 7) is 7.37. The summed E-state index contributed by atoms with van der Waals surface area (Å²) < 4.78 is 0. The van der Waals surface area contributed by atoms with Gasteiger partial charge in [0.15, 0.2) is 0 Å². The number of carbonyl (C=O) groups is 5. The number of carboxylic acid groups (broad SMARTS) is 2. The first-order chi connectivity index (χ1) is 15.3. The van der Waals surface area contributed by atoms with E-state index in [0.717, 1.165) is 0 Å². The molecule has 0 aliphatic carbocycles. The number of nitrogens with one attached hydrogen (secondary N) is 3. The molecule has 0 saturated heterocycles. The molecule has 0 fully saturated rings. The van der Waals surface area contributed by atoms with Crippen molar-refractivity contribution in [2.45, 2.75) is 77.5 Å². The topological polar surface area (TPSA) is 188 Å². The molecule has 33 heavy (non-hydrogen) atoms. The minimum absolute atomic E-state index is 0.0399. The fourth-order valence-corrected chi connectivity index (χ4v) is 3.38. The van der Waals surface area contributed by atoms with Crippen LogP contribution in [0.4, 0.5) is 0 Å². The van der Waals surface area contributed by atoms with Crippen LogP contribution in [-0.4, -0.2) is 76.0 Å². The van der Waals surface area contributed by atoms with Crippen LogP contribution in [0.15, 0.2) is 0 Å². The third kappa shape index (κ3) is 11.9. The third-order valence-corrected chi connectivity index (χ3v) is 5.78. The number of nitrogens with two attached hydrogens (primary N) is 1. The Balaban J connectivity index is 5.51. The molecule has 0 bridgehead atoms. The maximum Gasteiger partial charge on any atom is 0.326 e. The van der Waals surface area contributed by atoms with E-state index < -0.39 is 60.2 Å². The molecule has 0 spiro atoms. The van der Waals surface area contributed by atoms with Crippen LogP contribution in [0, 0.1) is 11.8 Å². The molecule has 3 amide bonds. The summed E-state index contributed by atoms with van der Waals surface area (Å²) in [6.07, 6.45) is 2.23. The van der Waals surface area contributed by atoms with Gasteiger partial charge in [-0.05, 0) is 36.7 Å². The molecule has 12 heteroatoms. The van der Waals surface area contributed by atoms with Gasteiger partial charge < -0.3 is 31.9 Å². The van der Waals surface area contributed by atoms with E-state index in [1.165, 1.54) is 11.8 Å². The van der Waals surface area contributed by atoms with Crippen molar-refractivity contribution in [1.29, 1.82) is 0 Å². The van der Waals surface area contributed by atoms with Crippen molar-refractivity contribution in [2.24, 2.45) is 17.6 Å². The highest BCUT2D eigenvalue weighted by molar-refractivity contribution is 7.98. The van der Waals surface area contributed by atoms with Crippen molar-refractivity contribution in [3.05, 3.63) is 0 Å². The Kier molecular flexibility index (Phi) is 14.4. The van der Waals surface area contributed by atoms with Gasteiger partial charge in [-0.3, -0.25) is 19.2 Å². The first-order valence-corrected chi connectivity index (χ1v) is 12.3. The molecule has 11 nitrogen and oxygen atoms in total. The first kappa shape index (κ1) is 30.7. The van der Waals surface area contributed by atoms with Gasteiger partial charge in [-0.1, -0.05) is 34.1 Å². The monoisotopic (exact) mass is 490 g/mol. The number of hydrogen-bond acceptors (Lipinski definition) is 7. The van der Waals surface area contributed by atoms with E-state index in [-0.39, 0.29) is 18.3 Å². The van der Waals surface area contributed by atoms with Gasteiger partial charge in [0.2, 0.25) is 17.7 Å². The SMILES string of the molecule is CCC(C)C(N)C(=O)NC(CCSC)C(=O)NC(CC(C)C)C(=O)NC(CC(=O)O)C(=O)O. The van der Waals surface area contributed by atoms with Gasteiger partial charge in [0.25, 0.3) is 0 Å². The van der Waals surface area contributed by atoms with Gasteiger partial charge in [-0.15, -0.1) is 0 Å².